The second-order valence-electron chi connectivity index (χ2n) is 14.5. The minimum atomic E-state index is -0.617. The van der Waals surface area contributed by atoms with Crippen LogP contribution in [0.5, 0.6) is 0 Å². The second kappa shape index (κ2) is 21.5. The molecule has 16 nitrogen and oxygen atoms in total. The van der Waals surface area contributed by atoms with Crippen LogP contribution in [-0.4, -0.2) is 75.7 Å². The Balaban J connectivity index is 0.000000197. The monoisotopic (exact) mass is 1020 g/mol. The van der Waals surface area contributed by atoms with Crippen molar-refractivity contribution < 1.29 is 19.2 Å². The van der Waals surface area contributed by atoms with E-state index in [4.69, 9.17) is 73.8 Å². The van der Waals surface area contributed by atoms with Crippen molar-refractivity contribution in [1.82, 2.24) is 45.8 Å². The molecule has 2 aromatic carbocycles. The molecule has 0 saturated heterocycles. The SMILES string of the molecule is Cc1sc2c(c1C)C(c1ccc(Cl)cc1)=N[C@@H](CC(=O)NN)c1nnc(C)n1-2.Cc1sc2c(c1C)C(c1ccc(Cl)cc1)=N[C@@H](CC(=O)NNC(=O)CCl)c1nnc(C)n1-2.O=C(Cl)CCl. The molecule has 8 rings (SSSR count). The van der Waals surface area contributed by atoms with Gasteiger partial charge in [-0.2, -0.15) is 0 Å². The lowest BCUT2D eigenvalue weighted by molar-refractivity contribution is -0.127. The van der Waals surface area contributed by atoms with Gasteiger partial charge in [0.15, 0.2) is 11.6 Å². The summed E-state index contributed by atoms with van der Waals surface area (Å²) in [5, 5.41) is 19.9. The molecule has 65 heavy (non-hydrogen) atoms. The van der Waals surface area contributed by atoms with Crippen LogP contribution in [0.2, 0.25) is 10.0 Å². The van der Waals surface area contributed by atoms with Gasteiger partial charge in [-0.1, -0.05) is 47.5 Å². The molecule has 0 saturated carbocycles. The molecular weight excluding hydrogens is 978 g/mol. The van der Waals surface area contributed by atoms with E-state index in [0.717, 1.165) is 65.5 Å². The number of aromatic nitrogens is 6. The van der Waals surface area contributed by atoms with Crippen LogP contribution in [0.15, 0.2) is 58.5 Å². The lowest BCUT2D eigenvalue weighted by Gasteiger charge is -2.13. The van der Waals surface area contributed by atoms with Crippen molar-refractivity contribution in [2.75, 3.05) is 11.8 Å². The maximum Gasteiger partial charge on any atom is 0.253 e. The van der Waals surface area contributed by atoms with Gasteiger partial charge in [0.1, 0.15) is 39.6 Å². The molecule has 0 spiro atoms. The molecule has 3 amide bonds. The van der Waals surface area contributed by atoms with Gasteiger partial charge in [0.05, 0.1) is 30.1 Å². The van der Waals surface area contributed by atoms with E-state index in [1.165, 1.54) is 4.88 Å². The number of aryl methyl sites for hydroxylation is 4. The Morgan fingerprint density at radius 3 is 1.37 bits per heavy atom. The minimum absolute atomic E-state index is 0.0369. The van der Waals surface area contributed by atoms with Crippen molar-refractivity contribution in [2.45, 2.75) is 66.5 Å². The highest BCUT2D eigenvalue weighted by atomic mass is 35.5. The number of benzene rings is 2. The van der Waals surface area contributed by atoms with Gasteiger partial charge >= 0.3 is 0 Å². The normalized spacial score (nSPS) is 14.5. The van der Waals surface area contributed by atoms with Crippen molar-refractivity contribution in [3.05, 3.63) is 125 Å². The molecule has 0 radical (unpaired) electrons. The number of carbonyl (C=O) groups is 4. The topological polar surface area (TPSA) is 217 Å². The van der Waals surface area contributed by atoms with Gasteiger partial charge < -0.3 is 0 Å². The molecule has 6 heterocycles. The Labute approximate surface area is 406 Å². The number of hydrogen-bond donors (Lipinski definition) is 4. The first-order chi connectivity index (χ1) is 31.0. The number of rotatable bonds is 8. The van der Waals surface area contributed by atoms with Crippen molar-refractivity contribution in [1.29, 1.82) is 0 Å². The highest BCUT2D eigenvalue weighted by molar-refractivity contribution is 7.15. The van der Waals surface area contributed by atoms with Crippen molar-refractivity contribution in [3.63, 3.8) is 0 Å². The number of hydrazine groups is 2. The summed E-state index contributed by atoms with van der Waals surface area (Å²) in [6.07, 6.45) is 0.0451. The fourth-order valence-corrected chi connectivity index (χ4v) is 9.65. The van der Waals surface area contributed by atoms with Gasteiger partial charge in [0.2, 0.25) is 17.1 Å². The Bertz CT molecular complexity index is 2830. The number of nitrogens with zero attached hydrogens (tertiary/aromatic N) is 8. The summed E-state index contributed by atoms with van der Waals surface area (Å²) in [4.78, 5) is 57.8. The molecule has 340 valence electrons. The van der Waals surface area contributed by atoms with E-state index < -0.39 is 29.1 Å². The van der Waals surface area contributed by atoms with Gasteiger partial charge in [0.25, 0.3) is 5.91 Å². The van der Waals surface area contributed by atoms with Crippen LogP contribution in [-0.2, 0) is 19.2 Å². The first kappa shape index (κ1) is 49.4. The number of nitrogens with one attached hydrogen (secondary N) is 3. The summed E-state index contributed by atoms with van der Waals surface area (Å²) in [5.41, 5.74) is 14.5. The van der Waals surface area contributed by atoms with E-state index in [9.17, 15) is 19.2 Å². The molecule has 5 N–H and O–H groups in total. The number of thiophene rings is 2. The number of halogens is 5. The lowest BCUT2D eigenvalue weighted by atomic mass is 9.99. The number of hydrogen-bond acceptors (Lipinski definition) is 13. The molecule has 0 bridgehead atoms. The fraction of sp³-hybridized carbons (Fsp3) is 0.286. The Morgan fingerprint density at radius 1 is 0.615 bits per heavy atom. The minimum Gasteiger partial charge on any atom is -0.294 e. The maximum atomic E-state index is 12.6. The molecular formula is C42H41Cl5N12O4S2. The van der Waals surface area contributed by atoms with E-state index in [0.29, 0.717) is 27.5 Å². The highest BCUT2D eigenvalue weighted by Gasteiger charge is 2.34. The summed E-state index contributed by atoms with van der Waals surface area (Å²) in [7, 11) is 0. The molecule has 0 unspecified atom stereocenters. The van der Waals surface area contributed by atoms with Crippen LogP contribution < -0.4 is 22.1 Å². The summed E-state index contributed by atoms with van der Waals surface area (Å²) < 4.78 is 3.96. The van der Waals surface area contributed by atoms with Crippen LogP contribution in [0.25, 0.3) is 10.0 Å². The molecule has 6 aromatic rings. The van der Waals surface area contributed by atoms with Crippen LogP contribution in [0, 0.1) is 41.5 Å². The predicted octanol–water partition coefficient (Wildman–Crippen LogP) is 7.75. The summed E-state index contributed by atoms with van der Waals surface area (Å²) >= 11 is 30.5. The second-order valence-corrected chi connectivity index (χ2v) is 18.7. The quantitative estimate of drug-likeness (QED) is 0.0385. The zero-order chi connectivity index (χ0) is 47.3. The van der Waals surface area contributed by atoms with Gasteiger partial charge in [-0.3, -0.25) is 54.6 Å². The zero-order valence-electron chi connectivity index (χ0n) is 35.6. The van der Waals surface area contributed by atoms with Crippen molar-refractivity contribution in [3.8, 4) is 10.0 Å². The van der Waals surface area contributed by atoms with Gasteiger partial charge in [-0.05, 0) is 88.5 Å². The first-order valence-corrected chi connectivity index (χ1v) is 23.4. The molecule has 0 fully saturated rings. The third kappa shape index (κ3) is 11.0. The third-order valence-electron chi connectivity index (χ3n) is 10.2. The standard InChI is InChI=1S/C21H20Cl2N6O2S.C19H19ClN6OS.C2H2Cl2O/c1-10-11(2)32-21-18(10)19(13-4-6-14(23)7-5-13)24-15(20-28-25-12(3)29(20)21)8-16(30)26-27-17(31)9-22;1-9-10(2)28-19-16(9)17(12-4-6-13(20)7-5-12)22-14(8-15(27)23-21)18-25-24-11(3)26(18)19;3-1-2(4)5/h4-7,15H,8-9H2,1-3H3,(H,26,30)(H,27,31);4-7,14H,8,21H2,1-3H3,(H,23,27);1H2/t15-;14-;/m00./s1. The molecule has 2 atom stereocenters. The van der Waals surface area contributed by atoms with Crippen LogP contribution in [0.4, 0.5) is 0 Å². The first-order valence-electron chi connectivity index (χ1n) is 19.6. The number of alkyl halides is 2. The number of aliphatic imine (C=N–C) groups is 2. The Hall–Kier alpha value is -5.05. The highest BCUT2D eigenvalue weighted by Crippen LogP contribution is 2.41. The van der Waals surface area contributed by atoms with Crippen LogP contribution in [0.1, 0.15) is 91.4 Å². The summed E-state index contributed by atoms with van der Waals surface area (Å²) in [5.74, 6) is 6.39. The van der Waals surface area contributed by atoms with Gasteiger partial charge in [0, 0.05) is 42.1 Å². The molecule has 0 aliphatic carbocycles. The van der Waals surface area contributed by atoms with E-state index in [1.807, 2.05) is 71.5 Å². The van der Waals surface area contributed by atoms with Crippen LogP contribution in [0.3, 0.4) is 0 Å². The fourth-order valence-electron chi connectivity index (χ4n) is 6.90. The number of nitrogens with two attached hydrogens (primary N) is 1. The average molecular weight is 1020 g/mol. The van der Waals surface area contributed by atoms with E-state index in [1.54, 1.807) is 22.7 Å². The summed E-state index contributed by atoms with van der Waals surface area (Å²) in [6, 6.07) is 13.9. The zero-order valence-corrected chi connectivity index (χ0v) is 41.0. The maximum absolute atomic E-state index is 12.6. The molecule has 23 heteroatoms. The van der Waals surface area contributed by atoms with E-state index in [2.05, 4.69) is 64.4 Å². The van der Waals surface area contributed by atoms with E-state index >= 15 is 0 Å². The third-order valence-corrected chi connectivity index (χ3v) is 13.8. The molecule has 2 aliphatic heterocycles. The van der Waals surface area contributed by atoms with Crippen LogP contribution >= 0.6 is 80.7 Å². The van der Waals surface area contributed by atoms with E-state index in [-0.39, 0.29) is 30.5 Å². The lowest BCUT2D eigenvalue weighted by Crippen LogP contribution is -2.42. The van der Waals surface area contributed by atoms with Gasteiger partial charge in [-0.15, -0.1) is 66.3 Å². The summed E-state index contributed by atoms with van der Waals surface area (Å²) in [6.45, 7) is 12.1. The predicted molar refractivity (Wildman–Crippen MR) is 257 cm³/mol. The largest absolute Gasteiger partial charge is 0.294 e. The average Bonchev–Trinajstić information content (AvgIpc) is 3.98. The van der Waals surface area contributed by atoms with Gasteiger partial charge in [-0.25, -0.2) is 5.84 Å². The smallest absolute Gasteiger partial charge is 0.253 e. The molecule has 4 aromatic heterocycles. The van der Waals surface area contributed by atoms with Crippen molar-refractivity contribution >= 4 is 115 Å². The Morgan fingerprint density at radius 2 is 1.00 bits per heavy atom. The number of carbonyl (C=O) groups excluding carboxylic acids is 4. The Kier molecular flexibility index (Phi) is 16.3. The van der Waals surface area contributed by atoms with Crippen molar-refractivity contribution in [2.24, 2.45) is 15.8 Å². The number of amides is 3. The number of fused-ring (bicyclic) bond motifs is 6. The molecule has 2 aliphatic rings.